The van der Waals surface area contributed by atoms with Crippen LogP contribution in [0.3, 0.4) is 0 Å². The fourth-order valence-electron chi connectivity index (χ4n) is 2.53. The van der Waals surface area contributed by atoms with Gasteiger partial charge < -0.3 is 19.9 Å². The highest BCUT2D eigenvalue weighted by Crippen LogP contribution is 2.17. The predicted molar refractivity (Wildman–Crippen MR) is 92.8 cm³/mol. The molecule has 1 saturated heterocycles. The number of nitrogens with zero attached hydrogens (tertiary/aromatic N) is 4. The highest BCUT2D eigenvalue weighted by Gasteiger charge is 2.18. The van der Waals surface area contributed by atoms with E-state index in [1.54, 1.807) is 36.3 Å². The molecule has 0 atom stereocenters. The van der Waals surface area contributed by atoms with Crippen LogP contribution >= 0.6 is 0 Å². The molecule has 1 aromatic carbocycles. The lowest BCUT2D eigenvalue weighted by molar-refractivity contribution is -0.118. The Labute approximate surface area is 145 Å². The molecular formula is C17H19N5O3. The second-order valence-electron chi connectivity index (χ2n) is 5.59. The first kappa shape index (κ1) is 16.7. The van der Waals surface area contributed by atoms with Crippen molar-refractivity contribution in [2.45, 2.75) is 0 Å². The van der Waals surface area contributed by atoms with Gasteiger partial charge in [-0.1, -0.05) is 6.07 Å². The Morgan fingerprint density at radius 1 is 1.20 bits per heavy atom. The van der Waals surface area contributed by atoms with Crippen LogP contribution in [0.2, 0.25) is 0 Å². The minimum Gasteiger partial charge on any atom is -0.497 e. The summed E-state index contributed by atoms with van der Waals surface area (Å²) in [5.41, 5.74) is 1.01. The minimum atomic E-state index is -0.287. The van der Waals surface area contributed by atoms with Crippen molar-refractivity contribution in [1.82, 2.24) is 14.9 Å². The topological polar surface area (TPSA) is 87.7 Å². The Balaban J connectivity index is 1.63. The van der Waals surface area contributed by atoms with E-state index < -0.39 is 0 Å². The van der Waals surface area contributed by atoms with Crippen LogP contribution in [0.1, 0.15) is 10.4 Å². The molecule has 1 aromatic heterocycles. The Bertz CT molecular complexity index is 742. The van der Waals surface area contributed by atoms with E-state index >= 15 is 0 Å². The molecule has 8 nitrogen and oxygen atoms in total. The van der Waals surface area contributed by atoms with Crippen LogP contribution in [0.15, 0.2) is 36.7 Å². The first-order valence-corrected chi connectivity index (χ1v) is 7.91. The zero-order chi connectivity index (χ0) is 17.6. The van der Waals surface area contributed by atoms with Gasteiger partial charge in [0, 0.05) is 50.3 Å². The third-order valence-electron chi connectivity index (χ3n) is 3.97. The number of amides is 2. The number of rotatable bonds is 5. The van der Waals surface area contributed by atoms with Gasteiger partial charge in [-0.2, -0.15) is 0 Å². The second kappa shape index (κ2) is 7.61. The number of hydrogen-bond acceptors (Lipinski definition) is 6. The summed E-state index contributed by atoms with van der Waals surface area (Å²) in [5, 5.41) is 2.79. The van der Waals surface area contributed by atoms with Crippen molar-refractivity contribution in [3.05, 3.63) is 42.2 Å². The van der Waals surface area contributed by atoms with Gasteiger partial charge in [0.2, 0.25) is 12.4 Å². The molecule has 0 aliphatic carbocycles. The number of methoxy groups -OCH3 is 1. The van der Waals surface area contributed by atoms with Crippen LogP contribution in [-0.2, 0) is 4.79 Å². The maximum atomic E-state index is 12.3. The first-order valence-electron chi connectivity index (χ1n) is 7.91. The largest absolute Gasteiger partial charge is 0.497 e. The Kier molecular flexibility index (Phi) is 5.08. The molecule has 1 aliphatic rings. The molecule has 0 spiro atoms. The summed E-state index contributed by atoms with van der Waals surface area (Å²) in [6.45, 7) is 2.64. The number of ether oxygens (including phenoxy) is 1. The Morgan fingerprint density at radius 3 is 2.56 bits per heavy atom. The van der Waals surface area contributed by atoms with E-state index in [9.17, 15) is 9.59 Å². The maximum Gasteiger partial charge on any atom is 0.258 e. The van der Waals surface area contributed by atoms with Gasteiger partial charge in [-0.25, -0.2) is 9.97 Å². The molecule has 1 N–H and O–H groups in total. The number of benzene rings is 1. The van der Waals surface area contributed by atoms with E-state index in [1.165, 1.54) is 12.4 Å². The smallest absolute Gasteiger partial charge is 0.258 e. The van der Waals surface area contributed by atoms with Gasteiger partial charge in [-0.05, 0) is 12.1 Å². The van der Waals surface area contributed by atoms with E-state index in [-0.39, 0.29) is 5.91 Å². The van der Waals surface area contributed by atoms with Crippen LogP contribution in [0.25, 0.3) is 0 Å². The number of anilines is 2. The number of piperazine rings is 1. The zero-order valence-corrected chi connectivity index (χ0v) is 13.9. The van der Waals surface area contributed by atoms with Gasteiger partial charge in [0.25, 0.3) is 5.91 Å². The SMILES string of the molecule is COc1cccc(NC(=O)c2cnc(N3CCN(C=O)CC3)nc2)c1. The minimum absolute atomic E-state index is 0.287. The average Bonchev–Trinajstić information content (AvgIpc) is 2.68. The molecule has 2 heterocycles. The third-order valence-corrected chi connectivity index (χ3v) is 3.97. The van der Waals surface area contributed by atoms with Crippen molar-refractivity contribution in [2.75, 3.05) is 43.5 Å². The first-order chi connectivity index (χ1) is 12.2. The van der Waals surface area contributed by atoms with E-state index in [0.717, 1.165) is 6.41 Å². The molecule has 0 radical (unpaired) electrons. The number of aromatic nitrogens is 2. The molecule has 2 aromatic rings. The van der Waals surface area contributed by atoms with Crippen LogP contribution < -0.4 is 15.0 Å². The van der Waals surface area contributed by atoms with Crippen molar-refractivity contribution in [2.24, 2.45) is 0 Å². The van der Waals surface area contributed by atoms with Crippen LogP contribution in [0.4, 0.5) is 11.6 Å². The lowest BCUT2D eigenvalue weighted by Crippen LogP contribution is -2.46. The molecule has 25 heavy (non-hydrogen) atoms. The molecule has 130 valence electrons. The van der Waals surface area contributed by atoms with Crippen LogP contribution in [-0.4, -0.2) is 60.5 Å². The number of carbonyl (C=O) groups excluding carboxylic acids is 2. The molecule has 0 unspecified atom stereocenters. The van der Waals surface area contributed by atoms with E-state index in [4.69, 9.17) is 4.74 Å². The van der Waals surface area contributed by atoms with Crippen molar-refractivity contribution in [1.29, 1.82) is 0 Å². The lowest BCUT2D eigenvalue weighted by atomic mass is 10.2. The monoisotopic (exact) mass is 341 g/mol. The van der Waals surface area contributed by atoms with Gasteiger partial charge in [0.05, 0.1) is 12.7 Å². The lowest BCUT2D eigenvalue weighted by Gasteiger charge is -2.32. The quantitative estimate of drug-likeness (QED) is 0.817. The van der Waals surface area contributed by atoms with E-state index in [0.29, 0.717) is 49.1 Å². The molecule has 1 aliphatic heterocycles. The molecule has 2 amide bonds. The van der Waals surface area contributed by atoms with Crippen molar-refractivity contribution < 1.29 is 14.3 Å². The Morgan fingerprint density at radius 2 is 1.92 bits per heavy atom. The molecule has 8 heteroatoms. The number of nitrogens with one attached hydrogen (secondary N) is 1. The summed E-state index contributed by atoms with van der Waals surface area (Å²) >= 11 is 0. The standard InChI is InChI=1S/C17H19N5O3/c1-25-15-4-2-3-14(9-15)20-16(24)13-10-18-17(19-11-13)22-7-5-21(12-23)6-8-22/h2-4,9-12H,5-8H2,1H3,(H,20,24). The van der Waals surface area contributed by atoms with Gasteiger partial charge in [0.1, 0.15) is 5.75 Å². The van der Waals surface area contributed by atoms with Crippen molar-refractivity contribution in [3.8, 4) is 5.75 Å². The van der Waals surface area contributed by atoms with Gasteiger partial charge in [0.15, 0.2) is 0 Å². The van der Waals surface area contributed by atoms with E-state index in [1.807, 2.05) is 4.90 Å². The summed E-state index contributed by atoms with van der Waals surface area (Å²) < 4.78 is 5.13. The summed E-state index contributed by atoms with van der Waals surface area (Å²) in [7, 11) is 1.57. The fourth-order valence-corrected chi connectivity index (χ4v) is 2.53. The number of carbonyl (C=O) groups is 2. The van der Waals surface area contributed by atoms with Gasteiger partial charge in [-0.3, -0.25) is 9.59 Å². The van der Waals surface area contributed by atoms with E-state index in [2.05, 4.69) is 15.3 Å². The summed E-state index contributed by atoms with van der Waals surface area (Å²) in [6, 6.07) is 7.12. The van der Waals surface area contributed by atoms with Crippen molar-refractivity contribution >= 4 is 24.0 Å². The highest BCUT2D eigenvalue weighted by atomic mass is 16.5. The third kappa shape index (κ3) is 4.03. The molecule has 1 fully saturated rings. The maximum absolute atomic E-state index is 12.3. The zero-order valence-electron chi connectivity index (χ0n) is 13.9. The summed E-state index contributed by atoms with van der Waals surface area (Å²) in [4.78, 5) is 35.3. The number of hydrogen-bond donors (Lipinski definition) is 1. The summed E-state index contributed by atoms with van der Waals surface area (Å²) in [5.74, 6) is 0.938. The van der Waals surface area contributed by atoms with Crippen LogP contribution in [0.5, 0.6) is 5.75 Å². The molecular weight excluding hydrogens is 322 g/mol. The normalized spacial score (nSPS) is 14.1. The molecule has 0 saturated carbocycles. The van der Waals surface area contributed by atoms with Gasteiger partial charge >= 0.3 is 0 Å². The average molecular weight is 341 g/mol. The predicted octanol–water partition coefficient (Wildman–Crippen LogP) is 1.02. The van der Waals surface area contributed by atoms with Gasteiger partial charge in [-0.15, -0.1) is 0 Å². The highest BCUT2D eigenvalue weighted by molar-refractivity contribution is 6.04. The molecule has 0 bridgehead atoms. The molecule has 3 rings (SSSR count). The van der Waals surface area contributed by atoms with Crippen LogP contribution in [0, 0.1) is 0 Å². The second-order valence-corrected chi connectivity index (χ2v) is 5.59. The summed E-state index contributed by atoms with van der Waals surface area (Å²) in [6.07, 6.45) is 3.86. The fraction of sp³-hybridized carbons (Fsp3) is 0.294. The Hall–Kier alpha value is -3.16. The van der Waals surface area contributed by atoms with Crippen molar-refractivity contribution in [3.63, 3.8) is 0 Å².